The Labute approximate surface area is 76.4 Å². The van der Waals surface area contributed by atoms with Gasteiger partial charge in [-0.15, -0.1) is 0 Å². The quantitative estimate of drug-likeness (QED) is 0.617. The van der Waals surface area contributed by atoms with Crippen LogP contribution in [0.4, 0.5) is 0 Å². The molecule has 0 aliphatic rings. The van der Waals surface area contributed by atoms with Crippen molar-refractivity contribution in [1.29, 1.82) is 0 Å². The van der Waals surface area contributed by atoms with Crippen molar-refractivity contribution in [2.45, 2.75) is 6.85 Å². The van der Waals surface area contributed by atoms with Crippen LogP contribution in [-0.2, 0) is 0 Å². The molecule has 0 N–H and O–H groups in total. The second-order valence-electron chi connectivity index (χ2n) is 1.38. The summed E-state index contributed by atoms with van der Waals surface area (Å²) in [6.07, 6.45) is 0. The second-order valence-corrected chi connectivity index (χ2v) is 2.55. The lowest BCUT2D eigenvalue weighted by Gasteiger charge is -1.95. The van der Waals surface area contributed by atoms with E-state index < -0.39 is 12.4 Å². The largest absolute Gasteiger partial charge is 0.0841 e. The predicted molar refractivity (Wildman–Crippen MR) is 43.9 cm³/mol. The van der Waals surface area contributed by atoms with Gasteiger partial charge in [-0.3, -0.25) is 0 Å². The summed E-state index contributed by atoms with van der Waals surface area (Å²) in [5, 5.41) is -0.354. The number of halogens is 2. The standard InChI is InChI=1S/C7H6BrCl/c1-5-4-6(8)2-3-7(5)9/h2-4H,1H3/i1D3,2D,3D,4D. The smallest absolute Gasteiger partial charge is 0.0639 e. The third-order valence-electron chi connectivity index (χ3n) is 0.736. The SMILES string of the molecule is [2H]c1c([2H])c(Br)c([2H])c(C([2H])([2H])[2H])c1Cl. The Balaban J connectivity index is 3.68. The van der Waals surface area contributed by atoms with Gasteiger partial charge in [-0.1, -0.05) is 27.5 Å². The minimum absolute atomic E-state index is 0.0250. The Morgan fingerprint density at radius 1 is 1.78 bits per heavy atom. The first-order chi connectivity index (χ1) is 6.68. The van der Waals surface area contributed by atoms with E-state index in [9.17, 15) is 0 Å². The maximum absolute atomic E-state index is 7.53. The van der Waals surface area contributed by atoms with E-state index in [1.807, 2.05) is 0 Å². The molecule has 0 radical (unpaired) electrons. The highest BCUT2D eigenvalue weighted by Gasteiger charge is 1.92. The third kappa shape index (κ3) is 1.70. The van der Waals surface area contributed by atoms with Crippen LogP contribution < -0.4 is 0 Å². The molecule has 0 amide bonds. The number of hydrogen-bond acceptors (Lipinski definition) is 0. The molecular formula is C7H6BrCl. The van der Waals surface area contributed by atoms with Crippen molar-refractivity contribution < 1.29 is 8.22 Å². The van der Waals surface area contributed by atoms with Crippen LogP contribution in [-0.4, -0.2) is 0 Å². The first kappa shape index (κ1) is 2.55. The summed E-state index contributed by atoms with van der Waals surface area (Å²) in [5.74, 6) is 0. The molecule has 0 atom stereocenters. The molecule has 0 bridgehead atoms. The van der Waals surface area contributed by atoms with Gasteiger partial charge in [-0.05, 0) is 30.5 Å². The first-order valence-electron chi connectivity index (χ1n) is 5.13. The molecule has 0 spiro atoms. The van der Waals surface area contributed by atoms with Gasteiger partial charge < -0.3 is 0 Å². The number of hydrogen-bond donors (Lipinski definition) is 0. The molecule has 9 heavy (non-hydrogen) atoms. The number of benzene rings is 1. The molecule has 0 nitrogen and oxygen atoms in total. The maximum atomic E-state index is 7.53. The van der Waals surface area contributed by atoms with E-state index in [4.69, 9.17) is 19.8 Å². The fourth-order valence-corrected chi connectivity index (χ4v) is 0.760. The van der Waals surface area contributed by atoms with Crippen LogP contribution in [0.1, 0.15) is 13.8 Å². The summed E-state index contributed by atoms with van der Waals surface area (Å²) >= 11 is 8.56. The van der Waals surface area contributed by atoms with Crippen molar-refractivity contribution in [2.24, 2.45) is 0 Å². The fourth-order valence-electron chi connectivity index (χ4n) is 0.368. The molecule has 0 aliphatic carbocycles. The third-order valence-corrected chi connectivity index (χ3v) is 1.42. The number of rotatable bonds is 0. The minimum Gasteiger partial charge on any atom is -0.0841 e. The first-order valence-corrected chi connectivity index (χ1v) is 3.30. The van der Waals surface area contributed by atoms with E-state index in [2.05, 4.69) is 15.9 Å². The molecule has 1 aromatic carbocycles. The van der Waals surface area contributed by atoms with E-state index in [1.54, 1.807) is 0 Å². The molecule has 2 heteroatoms. The summed E-state index contributed by atoms with van der Waals surface area (Å²) in [7, 11) is 0. The van der Waals surface area contributed by atoms with Crippen LogP contribution in [0.2, 0.25) is 5.02 Å². The Morgan fingerprint density at radius 2 is 2.56 bits per heavy atom. The van der Waals surface area contributed by atoms with E-state index in [0.29, 0.717) is 0 Å². The summed E-state index contributed by atoms with van der Waals surface area (Å²) in [6.45, 7) is -2.56. The topological polar surface area (TPSA) is 0 Å². The lowest BCUT2D eigenvalue weighted by atomic mass is 10.2. The average Bonchev–Trinajstić information content (AvgIpc) is 2.09. The maximum Gasteiger partial charge on any atom is 0.0639 e. The van der Waals surface area contributed by atoms with Crippen LogP contribution in [0.5, 0.6) is 0 Å². The average molecular weight is 212 g/mol. The van der Waals surface area contributed by atoms with Crippen molar-refractivity contribution in [3.05, 3.63) is 33.2 Å². The zero-order valence-corrected chi connectivity index (χ0v) is 6.60. The highest BCUT2D eigenvalue weighted by molar-refractivity contribution is 9.10. The summed E-state index contributed by atoms with van der Waals surface area (Å²) in [5.41, 5.74) is -0.392. The normalized spacial score (nSPS) is 20.7. The lowest BCUT2D eigenvalue weighted by molar-refractivity contribution is 1.45. The molecular weight excluding hydrogens is 199 g/mol. The van der Waals surface area contributed by atoms with Crippen molar-refractivity contribution in [2.75, 3.05) is 0 Å². The van der Waals surface area contributed by atoms with Crippen LogP contribution in [0.3, 0.4) is 0 Å². The monoisotopic (exact) mass is 210 g/mol. The molecule has 0 saturated heterocycles. The minimum atomic E-state index is -2.56. The van der Waals surface area contributed by atoms with Crippen molar-refractivity contribution in [3.63, 3.8) is 0 Å². The Morgan fingerprint density at radius 3 is 3.22 bits per heavy atom. The zero-order valence-electron chi connectivity index (χ0n) is 10.3. The van der Waals surface area contributed by atoms with Crippen LogP contribution >= 0.6 is 27.5 Å². The highest BCUT2D eigenvalue weighted by Crippen LogP contribution is 2.19. The van der Waals surface area contributed by atoms with E-state index >= 15 is 0 Å². The summed E-state index contributed by atoms with van der Waals surface area (Å²) in [6, 6.07) is -1.02. The van der Waals surface area contributed by atoms with Crippen molar-refractivity contribution >= 4 is 27.5 Å². The van der Waals surface area contributed by atoms with Gasteiger partial charge in [-0.2, -0.15) is 0 Å². The molecule has 0 heterocycles. The lowest BCUT2D eigenvalue weighted by Crippen LogP contribution is -1.72. The van der Waals surface area contributed by atoms with E-state index in [-0.39, 0.29) is 27.6 Å². The van der Waals surface area contributed by atoms with Gasteiger partial charge in [0.2, 0.25) is 0 Å². The van der Waals surface area contributed by atoms with Crippen molar-refractivity contribution in [3.8, 4) is 0 Å². The predicted octanol–water partition coefficient (Wildman–Crippen LogP) is 3.41. The Hall–Kier alpha value is -0.0100. The second kappa shape index (κ2) is 2.72. The molecule has 0 aliphatic heterocycles. The molecule has 0 saturated carbocycles. The molecule has 48 valence electrons. The molecule has 0 fully saturated rings. The van der Waals surface area contributed by atoms with Gasteiger partial charge in [0.25, 0.3) is 0 Å². The molecule has 1 rings (SSSR count). The summed E-state index contributed by atoms with van der Waals surface area (Å²) < 4.78 is 43.9. The fraction of sp³-hybridized carbons (Fsp3) is 0.143. The van der Waals surface area contributed by atoms with E-state index in [0.717, 1.165) is 0 Å². The van der Waals surface area contributed by atoms with Gasteiger partial charge in [0.15, 0.2) is 0 Å². The molecule has 1 aromatic rings. The molecule has 0 aromatic heterocycles. The van der Waals surface area contributed by atoms with Crippen LogP contribution in [0, 0.1) is 6.85 Å². The van der Waals surface area contributed by atoms with Gasteiger partial charge in [0.1, 0.15) is 0 Å². The van der Waals surface area contributed by atoms with Gasteiger partial charge in [0, 0.05) is 13.6 Å². The highest BCUT2D eigenvalue weighted by atomic mass is 79.9. The Kier molecular flexibility index (Phi) is 0.771. The zero-order chi connectivity index (χ0) is 12.0. The van der Waals surface area contributed by atoms with Gasteiger partial charge in [0.05, 0.1) is 4.11 Å². The van der Waals surface area contributed by atoms with Crippen molar-refractivity contribution in [1.82, 2.24) is 0 Å². The molecule has 0 unspecified atom stereocenters. The van der Waals surface area contributed by atoms with E-state index in [1.165, 1.54) is 0 Å². The van der Waals surface area contributed by atoms with Gasteiger partial charge in [-0.25, -0.2) is 0 Å². The van der Waals surface area contributed by atoms with Crippen LogP contribution in [0.25, 0.3) is 0 Å². The van der Waals surface area contributed by atoms with Crippen LogP contribution in [0.15, 0.2) is 22.6 Å². The Bertz CT molecular complexity index is 384. The van der Waals surface area contributed by atoms with Gasteiger partial charge >= 0.3 is 0 Å². The summed E-state index contributed by atoms with van der Waals surface area (Å²) in [4.78, 5) is 0.